The van der Waals surface area contributed by atoms with Gasteiger partial charge in [0.15, 0.2) is 0 Å². The minimum atomic E-state index is -0.0267. The van der Waals surface area contributed by atoms with E-state index in [0.29, 0.717) is 11.8 Å². The third kappa shape index (κ3) is 3.41. The van der Waals surface area contributed by atoms with Crippen LogP contribution >= 0.6 is 0 Å². The third-order valence-corrected chi connectivity index (χ3v) is 2.93. The molecule has 19 heavy (non-hydrogen) atoms. The van der Waals surface area contributed by atoms with Crippen molar-refractivity contribution in [3.05, 3.63) is 47.7 Å². The van der Waals surface area contributed by atoms with Crippen LogP contribution in [0.5, 0.6) is 0 Å². The third-order valence-electron chi connectivity index (χ3n) is 2.93. The van der Waals surface area contributed by atoms with E-state index in [4.69, 9.17) is 4.42 Å². The maximum Gasteiger partial charge on any atom is 0.237 e. The molecule has 0 bridgehead atoms. The van der Waals surface area contributed by atoms with Gasteiger partial charge in [-0.05, 0) is 18.5 Å². The normalized spacial score (nSPS) is 12.8. The Morgan fingerprint density at radius 1 is 1.11 bits per heavy atom. The quantitative estimate of drug-likeness (QED) is 0.865. The van der Waals surface area contributed by atoms with E-state index in [0.717, 1.165) is 18.5 Å². The van der Waals surface area contributed by atoms with Crippen LogP contribution in [0.25, 0.3) is 0 Å². The summed E-state index contributed by atoms with van der Waals surface area (Å²) in [7, 11) is 0. The molecule has 0 amide bonds. The van der Waals surface area contributed by atoms with E-state index in [-0.39, 0.29) is 12.0 Å². The minimum absolute atomic E-state index is 0.0267. The second-order valence-corrected chi connectivity index (χ2v) is 4.93. The van der Waals surface area contributed by atoms with E-state index in [2.05, 4.69) is 34.6 Å². The largest absolute Gasteiger partial charge is 0.423 e. The van der Waals surface area contributed by atoms with Gasteiger partial charge in [0.1, 0.15) is 6.04 Å². The monoisotopic (exact) mass is 259 g/mol. The Balaban J connectivity index is 2.26. The van der Waals surface area contributed by atoms with E-state index >= 15 is 0 Å². The number of nitrogens with zero attached hydrogens (tertiary/aromatic N) is 2. The van der Waals surface area contributed by atoms with Gasteiger partial charge in [-0.1, -0.05) is 51.1 Å². The molecule has 2 rings (SSSR count). The molecular weight excluding hydrogens is 238 g/mol. The first-order valence-electron chi connectivity index (χ1n) is 6.84. The highest BCUT2D eigenvalue weighted by Gasteiger charge is 2.20. The summed E-state index contributed by atoms with van der Waals surface area (Å²) in [5, 5.41) is 11.8. The highest BCUT2D eigenvalue weighted by Crippen LogP contribution is 2.23. The summed E-state index contributed by atoms with van der Waals surface area (Å²) in [4.78, 5) is 0. The Kier molecular flexibility index (Phi) is 4.68. The zero-order chi connectivity index (χ0) is 13.7. The second kappa shape index (κ2) is 6.48. The fourth-order valence-corrected chi connectivity index (χ4v) is 1.88. The van der Waals surface area contributed by atoms with Crippen LogP contribution in [-0.4, -0.2) is 16.7 Å². The molecule has 0 radical (unpaired) electrons. The van der Waals surface area contributed by atoms with Crippen LogP contribution in [0.4, 0.5) is 0 Å². The predicted octanol–water partition coefficient (Wildman–Crippen LogP) is 3.28. The molecule has 1 aromatic carbocycles. The average Bonchev–Trinajstić information content (AvgIpc) is 2.90. The Morgan fingerprint density at radius 3 is 2.37 bits per heavy atom. The van der Waals surface area contributed by atoms with Gasteiger partial charge in [-0.15, -0.1) is 10.2 Å². The Labute approximate surface area is 114 Å². The predicted molar refractivity (Wildman–Crippen MR) is 75.0 cm³/mol. The molecule has 1 aromatic heterocycles. The van der Waals surface area contributed by atoms with Crippen LogP contribution in [0.3, 0.4) is 0 Å². The highest BCUT2D eigenvalue weighted by atomic mass is 16.4. The van der Waals surface area contributed by atoms with Crippen LogP contribution < -0.4 is 5.32 Å². The molecule has 0 fully saturated rings. The van der Waals surface area contributed by atoms with Crippen molar-refractivity contribution in [2.24, 2.45) is 0 Å². The molecular formula is C15H21N3O. The fourth-order valence-electron chi connectivity index (χ4n) is 1.88. The summed E-state index contributed by atoms with van der Waals surface area (Å²) in [5.41, 5.74) is 1.15. The standard InChI is InChI=1S/C15H21N3O/c1-4-10-16-13(12-8-6-5-7-9-12)15-18-17-14(19-15)11(2)3/h5-9,11,13,16H,4,10H2,1-3H3. The topological polar surface area (TPSA) is 51.0 Å². The van der Waals surface area contributed by atoms with Gasteiger partial charge < -0.3 is 9.73 Å². The van der Waals surface area contributed by atoms with Crippen molar-refractivity contribution in [3.8, 4) is 0 Å². The summed E-state index contributed by atoms with van der Waals surface area (Å²) < 4.78 is 5.77. The van der Waals surface area contributed by atoms with Gasteiger partial charge >= 0.3 is 0 Å². The number of nitrogens with one attached hydrogen (secondary N) is 1. The molecule has 2 aromatic rings. The van der Waals surface area contributed by atoms with Crippen molar-refractivity contribution in [3.63, 3.8) is 0 Å². The summed E-state index contributed by atoms with van der Waals surface area (Å²) in [6.45, 7) is 7.16. The summed E-state index contributed by atoms with van der Waals surface area (Å²) >= 11 is 0. The number of rotatable bonds is 6. The maximum absolute atomic E-state index is 5.77. The van der Waals surface area contributed by atoms with Crippen LogP contribution in [0.2, 0.25) is 0 Å². The molecule has 4 heteroatoms. The molecule has 1 heterocycles. The van der Waals surface area contributed by atoms with Crippen LogP contribution in [0.15, 0.2) is 34.7 Å². The lowest BCUT2D eigenvalue weighted by atomic mass is 10.1. The fraction of sp³-hybridized carbons (Fsp3) is 0.467. The van der Waals surface area contributed by atoms with Crippen molar-refractivity contribution >= 4 is 0 Å². The molecule has 102 valence electrons. The summed E-state index contributed by atoms with van der Waals surface area (Å²) in [6.07, 6.45) is 1.06. The van der Waals surface area contributed by atoms with Gasteiger partial charge in [0, 0.05) is 5.92 Å². The van der Waals surface area contributed by atoms with Crippen molar-refractivity contribution in [2.45, 2.75) is 39.2 Å². The Morgan fingerprint density at radius 2 is 1.79 bits per heavy atom. The van der Waals surface area contributed by atoms with E-state index < -0.39 is 0 Å². The van der Waals surface area contributed by atoms with Crippen molar-refractivity contribution in [1.82, 2.24) is 15.5 Å². The van der Waals surface area contributed by atoms with Crippen LogP contribution in [-0.2, 0) is 0 Å². The van der Waals surface area contributed by atoms with Gasteiger partial charge in [-0.2, -0.15) is 0 Å². The van der Waals surface area contributed by atoms with E-state index in [1.807, 2.05) is 32.0 Å². The lowest BCUT2D eigenvalue weighted by molar-refractivity contribution is 0.394. The van der Waals surface area contributed by atoms with Crippen molar-refractivity contribution in [2.75, 3.05) is 6.54 Å². The molecule has 0 spiro atoms. The lowest BCUT2D eigenvalue weighted by Crippen LogP contribution is -2.23. The van der Waals surface area contributed by atoms with Crippen LogP contribution in [0, 0.1) is 0 Å². The molecule has 0 aliphatic carbocycles. The van der Waals surface area contributed by atoms with Gasteiger partial charge in [0.05, 0.1) is 0 Å². The first-order valence-corrected chi connectivity index (χ1v) is 6.84. The summed E-state index contributed by atoms with van der Waals surface area (Å²) in [5.74, 6) is 1.58. The first-order chi connectivity index (χ1) is 9.22. The molecule has 1 atom stereocenters. The van der Waals surface area contributed by atoms with Crippen LogP contribution in [0.1, 0.15) is 56.5 Å². The van der Waals surface area contributed by atoms with E-state index in [1.165, 1.54) is 0 Å². The zero-order valence-electron chi connectivity index (χ0n) is 11.8. The molecule has 1 unspecified atom stereocenters. The van der Waals surface area contributed by atoms with Gasteiger partial charge in [-0.3, -0.25) is 0 Å². The molecule has 0 saturated carbocycles. The molecule has 0 aliphatic rings. The number of aromatic nitrogens is 2. The number of benzene rings is 1. The SMILES string of the molecule is CCCNC(c1ccccc1)c1nnc(C(C)C)o1. The highest BCUT2D eigenvalue weighted by molar-refractivity contribution is 5.23. The minimum Gasteiger partial charge on any atom is -0.423 e. The Hall–Kier alpha value is -1.68. The van der Waals surface area contributed by atoms with Gasteiger partial charge in [-0.25, -0.2) is 0 Å². The molecule has 0 aliphatic heterocycles. The number of hydrogen-bond acceptors (Lipinski definition) is 4. The summed E-state index contributed by atoms with van der Waals surface area (Å²) in [6, 6.07) is 10.2. The molecule has 4 nitrogen and oxygen atoms in total. The second-order valence-electron chi connectivity index (χ2n) is 4.93. The molecule has 1 N–H and O–H groups in total. The van der Waals surface area contributed by atoms with E-state index in [9.17, 15) is 0 Å². The molecule has 0 saturated heterocycles. The lowest BCUT2D eigenvalue weighted by Gasteiger charge is -2.14. The van der Waals surface area contributed by atoms with E-state index in [1.54, 1.807) is 0 Å². The van der Waals surface area contributed by atoms with Crippen molar-refractivity contribution < 1.29 is 4.42 Å². The average molecular weight is 259 g/mol. The maximum atomic E-state index is 5.77. The van der Waals surface area contributed by atoms with Gasteiger partial charge in [0.25, 0.3) is 0 Å². The number of hydrogen-bond donors (Lipinski definition) is 1. The smallest absolute Gasteiger partial charge is 0.237 e. The van der Waals surface area contributed by atoms with Gasteiger partial charge in [0.2, 0.25) is 11.8 Å². The first kappa shape index (κ1) is 13.7. The zero-order valence-corrected chi connectivity index (χ0v) is 11.8. The van der Waals surface area contributed by atoms with Crippen molar-refractivity contribution in [1.29, 1.82) is 0 Å². The Bertz CT molecular complexity index is 493.